The Morgan fingerprint density at radius 3 is 2.88 bits per heavy atom. The van der Waals surface area contributed by atoms with Gasteiger partial charge in [0.05, 0.1) is 24.4 Å². The van der Waals surface area contributed by atoms with Gasteiger partial charge in [-0.15, -0.1) is 0 Å². The number of amides is 1. The van der Waals surface area contributed by atoms with Crippen LogP contribution in [0.25, 0.3) is 11.0 Å². The van der Waals surface area contributed by atoms with E-state index in [-0.39, 0.29) is 18.0 Å². The molecule has 2 aromatic heterocycles. The molecule has 1 amide bonds. The van der Waals surface area contributed by atoms with Crippen molar-refractivity contribution in [2.75, 3.05) is 6.61 Å². The molecule has 0 bridgehead atoms. The first-order valence-corrected chi connectivity index (χ1v) is 7.56. The van der Waals surface area contributed by atoms with Crippen LogP contribution in [0.1, 0.15) is 23.0 Å². The summed E-state index contributed by atoms with van der Waals surface area (Å²) in [7, 11) is 0. The molecule has 122 valence electrons. The summed E-state index contributed by atoms with van der Waals surface area (Å²) in [6, 6.07) is 11.7. The van der Waals surface area contributed by atoms with E-state index < -0.39 is 5.63 Å². The molecule has 0 radical (unpaired) electrons. The number of nitrogens with zero attached hydrogens (tertiary/aromatic N) is 1. The van der Waals surface area contributed by atoms with Gasteiger partial charge in [0, 0.05) is 23.7 Å². The van der Waals surface area contributed by atoms with Crippen LogP contribution >= 0.6 is 0 Å². The Morgan fingerprint density at radius 1 is 1.25 bits per heavy atom. The second kappa shape index (κ2) is 6.95. The third-order valence-electron chi connectivity index (χ3n) is 3.43. The monoisotopic (exact) mass is 324 g/mol. The Morgan fingerprint density at radius 2 is 2.12 bits per heavy atom. The maximum Gasteiger partial charge on any atom is 0.337 e. The first-order chi connectivity index (χ1) is 11.7. The SMILES string of the molecule is CCOc1ccc2c(C(=O)NCc3ccccn3)cc(=O)oc2c1. The minimum Gasteiger partial charge on any atom is -0.494 e. The van der Waals surface area contributed by atoms with Gasteiger partial charge in [0.15, 0.2) is 0 Å². The highest BCUT2D eigenvalue weighted by Gasteiger charge is 2.14. The number of benzene rings is 1. The van der Waals surface area contributed by atoms with Gasteiger partial charge in [0.1, 0.15) is 11.3 Å². The maximum absolute atomic E-state index is 12.4. The molecule has 0 aliphatic rings. The summed E-state index contributed by atoms with van der Waals surface area (Å²) in [5.41, 5.74) is 0.729. The number of ether oxygens (including phenoxy) is 1. The summed E-state index contributed by atoms with van der Waals surface area (Å²) in [5.74, 6) is 0.224. The van der Waals surface area contributed by atoms with Crippen LogP contribution in [0.15, 0.2) is 57.9 Å². The third kappa shape index (κ3) is 3.43. The highest BCUT2D eigenvalue weighted by Crippen LogP contribution is 2.22. The Bertz CT molecular complexity index is 919. The van der Waals surface area contributed by atoms with Crippen molar-refractivity contribution >= 4 is 16.9 Å². The van der Waals surface area contributed by atoms with Crippen LogP contribution in [0, 0.1) is 0 Å². The van der Waals surface area contributed by atoms with Gasteiger partial charge in [-0.1, -0.05) is 6.07 Å². The second-order valence-corrected chi connectivity index (χ2v) is 5.07. The van der Waals surface area contributed by atoms with Crippen molar-refractivity contribution in [1.29, 1.82) is 0 Å². The molecule has 0 spiro atoms. The van der Waals surface area contributed by atoms with Crippen LogP contribution in [0.3, 0.4) is 0 Å². The number of nitrogens with one attached hydrogen (secondary N) is 1. The van der Waals surface area contributed by atoms with Crippen molar-refractivity contribution < 1.29 is 13.9 Å². The van der Waals surface area contributed by atoms with Gasteiger partial charge in [0.25, 0.3) is 5.91 Å². The van der Waals surface area contributed by atoms with Crippen molar-refractivity contribution in [2.24, 2.45) is 0 Å². The lowest BCUT2D eigenvalue weighted by Gasteiger charge is -2.08. The van der Waals surface area contributed by atoms with E-state index in [2.05, 4.69) is 10.3 Å². The molecule has 3 rings (SSSR count). The molecule has 2 heterocycles. The van der Waals surface area contributed by atoms with Gasteiger partial charge in [0.2, 0.25) is 0 Å². The van der Waals surface area contributed by atoms with Gasteiger partial charge in [-0.05, 0) is 31.2 Å². The van der Waals surface area contributed by atoms with Crippen LogP contribution in [0.4, 0.5) is 0 Å². The van der Waals surface area contributed by atoms with Crippen LogP contribution in [-0.4, -0.2) is 17.5 Å². The number of pyridine rings is 1. The van der Waals surface area contributed by atoms with Crippen molar-refractivity contribution in [3.8, 4) is 5.75 Å². The average molecular weight is 324 g/mol. The highest BCUT2D eigenvalue weighted by molar-refractivity contribution is 6.05. The summed E-state index contributed by atoms with van der Waals surface area (Å²) >= 11 is 0. The van der Waals surface area contributed by atoms with Crippen molar-refractivity contribution in [3.63, 3.8) is 0 Å². The molecule has 0 atom stereocenters. The molecule has 6 nitrogen and oxygen atoms in total. The van der Waals surface area contributed by atoms with E-state index in [1.54, 1.807) is 30.5 Å². The zero-order chi connectivity index (χ0) is 16.9. The first kappa shape index (κ1) is 15.7. The van der Waals surface area contributed by atoms with Crippen molar-refractivity contribution in [2.45, 2.75) is 13.5 Å². The first-order valence-electron chi connectivity index (χ1n) is 7.56. The molecule has 0 aliphatic heterocycles. The summed E-state index contributed by atoms with van der Waals surface area (Å²) in [4.78, 5) is 28.3. The molecule has 0 unspecified atom stereocenters. The number of hydrogen-bond acceptors (Lipinski definition) is 5. The fourth-order valence-electron chi connectivity index (χ4n) is 2.36. The maximum atomic E-state index is 12.4. The third-order valence-corrected chi connectivity index (χ3v) is 3.43. The van der Waals surface area contributed by atoms with Gasteiger partial charge in [-0.2, -0.15) is 0 Å². The standard InChI is InChI=1S/C18H16N2O4/c1-2-23-13-6-7-14-15(10-17(21)24-16(14)9-13)18(22)20-11-12-5-3-4-8-19-12/h3-10H,2,11H2,1H3,(H,20,22). The molecular formula is C18H16N2O4. The lowest BCUT2D eigenvalue weighted by Crippen LogP contribution is -2.24. The number of aromatic nitrogens is 1. The quantitative estimate of drug-likeness (QED) is 0.729. The highest BCUT2D eigenvalue weighted by atomic mass is 16.5. The Kier molecular flexibility index (Phi) is 4.56. The minimum absolute atomic E-state index is 0.264. The molecule has 0 saturated carbocycles. The average Bonchev–Trinajstić information content (AvgIpc) is 2.60. The van der Waals surface area contributed by atoms with E-state index in [1.807, 2.05) is 19.1 Å². The van der Waals surface area contributed by atoms with E-state index in [4.69, 9.17) is 9.15 Å². The van der Waals surface area contributed by atoms with Crippen molar-refractivity contribution in [3.05, 3.63) is 70.3 Å². The zero-order valence-electron chi connectivity index (χ0n) is 13.1. The van der Waals surface area contributed by atoms with E-state index >= 15 is 0 Å². The summed E-state index contributed by atoms with van der Waals surface area (Å²) in [6.45, 7) is 2.64. The van der Waals surface area contributed by atoms with E-state index in [0.29, 0.717) is 23.3 Å². The predicted molar refractivity (Wildman–Crippen MR) is 89.1 cm³/mol. The largest absolute Gasteiger partial charge is 0.494 e. The van der Waals surface area contributed by atoms with E-state index in [9.17, 15) is 9.59 Å². The lowest BCUT2D eigenvalue weighted by atomic mass is 10.1. The van der Waals surface area contributed by atoms with Crippen LogP contribution in [-0.2, 0) is 6.54 Å². The molecule has 0 aliphatic carbocycles. The molecule has 0 saturated heterocycles. The lowest BCUT2D eigenvalue weighted by molar-refractivity contribution is 0.0951. The number of hydrogen-bond donors (Lipinski definition) is 1. The van der Waals surface area contributed by atoms with Gasteiger partial charge >= 0.3 is 5.63 Å². The minimum atomic E-state index is -0.584. The topological polar surface area (TPSA) is 81.4 Å². The normalized spacial score (nSPS) is 10.5. The summed E-state index contributed by atoms with van der Waals surface area (Å²) in [5, 5.41) is 3.31. The van der Waals surface area contributed by atoms with E-state index in [1.165, 1.54) is 6.07 Å². The van der Waals surface area contributed by atoms with Crippen molar-refractivity contribution in [1.82, 2.24) is 10.3 Å². The fourth-order valence-corrected chi connectivity index (χ4v) is 2.36. The Labute approximate surface area is 138 Å². The zero-order valence-corrected chi connectivity index (χ0v) is 13.1. The molecule has 1 aromatic carbocycles. The van der Waals surface area contributed by atoms with Gasteiger partial charge in [-0.3, -0.25) is 9.78 Å². The van der Waals surface area contributed by atoms with Crippen LogP contribution in [0.2, 0.25) is 0 Å². The second-order valence-electron chi connectivity index (χ2n) is 5.07. The smallest absolute Gasteiger partial charge is 0.337 e. The number of carbonyl (C=O) groups is 1. The summed E-state index contributed by atoms with van der Waals surface area (Å²) in [6.07, 6.45) is 1.66. The Hall–Kier alpha value is -3.15. The molecule has 24 heavy (non-hydrogen) atoms. The number of fused-ring (bicyclic) bond motifs is 1. The molecule has 6 heteroatoms. The number of rotatable bonds is 5. The summed E-state index contributed by atoms with van der Waals surface area (Å²) < 4.78 is 10.6. The number of carbonyl (C=O) groups excluding carboxylic acids is 1. The molecule has 0 fully saturated rings. The van der Waals surface area contributed by atoms with E-state index in [0.717, 1.165) is 5.69 Å². The van der Waals surface area contributed by atoms with Gasteiger partial charge < -0.3 is 14.5 Å². The van der Waals surface area contributed by atoms with Crippen LogP contribution < -0.4 is 15.7 Å². The van der Waals surface area contributed by atoms with Gasteiger partial charge in [-0.25, -0.2) is 4.79 Å². The fraction of sp³-hybridized carbons (Fsp3) is 0.167. The molecule has 3 aromatic rings. The predicted octanol–water partition coefficient (Wildman–Crippen LogP) is 2.52. The Balaban J connectivity index is 1.90. The van der Waals surface area contributed by atoms with Crippen LogP contribution in [0.5, 0.6) is 5.75 Å². The molecular weight excluding hydrogens is 308 g/mol. The molecule has 1 N–H and O–H groups in total.